The third kappa shape index (κ3) is 4.16. The topological polar surface area (TPSA) is 39.6 Å². The molecule has 5 heteroatoms. The molecule has 1 fully saturated rings. The third-order valence-corrected chi connectivity index (χ3v) is 3.86. The maximum Gasteiger partial charge on any atom is 0.128 e. The second kappa shape index (κ2) is 5.77. The van der Waals surface area contributed by atoms with Crippen molar-refractivity contribution in [2.75, 3.05) is 31.1 Å². The van der Waals surface area contributed by atoms with Crippen molar-refractivity contribution in [2.45, 2.75) is 32.4 Å². The first-order chi connectivity index (χ1) is 8.85. The summed E-state index contributed by atoms with van der Waals surface area (Å²) in [6.07, 6.45) is 1.84. The van der Waals surface area contributed by atoms with Crippen LogP contribution in [-0.4, -0.2) is 52.8 Å². The number of nitrogens with zero attached hydrogens (tertiary/aromatic N) is 3. The van der Waals surface area contributed by atoms with E-state index in [0.29, 0.717) is 6.04 Å². The van der Waals surface area contributed by atoms with E-state index in [1.54, 1.807) is 0 Å². The Hall–Kier alpha value is -0.650. The number of piperazine rings is 1. The van der Waals surface area contributed by atoms with Gasteiger partial charge in [0.25, 0.3) is 0 Å². The predicted molar refractivity (Wildman–Crippen MR) is 81.5 cm³/mol. The highest BCUT2D eigenvalue weighted by atomic mass is 79.9. The molecule has 1 aromatic heterocycles. The van der Waals surface area contributed by atoms with Crippen molar-refractivity contribution < 1.29 is 5.11 Å². The largest absolute Gasteiger partial charge is 0.389 e. The molecule has 2 rings (SSSR count). The highest BCUT2D eigenvalue weighted by Gasteiger charge is 2.28. The zero-order valence-corrected chi connectivity index (χ0v) is 13.4. The lowest BCUT2D eigenvalue weighted by Crippen LogP contribution is -2.55. The summed E-state index contributed by atoms with van der Waals surface area (Å²) in [6, 6.07) is 4.49. The van der Waals surface area contributed by atoms with Gasteiger partial charge in [-0.2, -0.15) is 0 Å². The molecule has 0 amide bonds. The molecule has 1 N–H and O–H groups in total. The maximum atomic E-state index is 9.93. The van der Waals surface area contributed by atoms with Gasteiger partial charge in [-0.1, -0.05) is 0 Å². The highest BCUT2D eigenvalue weighted by Crippen LogP contribution is 2.20. The molecule has 1 atom stereocenters. The van der Waals surface area contributed by atoms with E-state index in [1.807, 2.05) is 32.2 Å². The van der Waals surface area contributed by atoms with Crippen LogP contribution in [0.3, 0.4) is 0 Å². The molecule has 0 radical (unpaired) electrons. The summed E-state index contributed by atoms with van der Waals surface area (Å²) in [5.74, 6) is 1.03. The van der Waals surface area contributed by atoms with Crippen molar-refractivity contribution in [1.29, 1.82) is 0 Å². The molecular weight excluding hydrogens is 306 g/mol. The lowest BCUT2D eigenvalue weighted by atomic mass is 10.1. The molecule has 19 heavy (non-hydrogen) atoms. The maximum absolute atomic E-state index is 9.93. The van der Waals surface area contributed by atoms with Gasteiger partial charge >= 0.3 is 0 Å². The van der Waals surface area contributed by atoms with Crippen LogP contribution < -0.4 is 4.90 Å². The first kappa shape index (κ1) is 14.8. The number of halogens is 1. The number of hydrogen-bond donors (Lipinski definition) is 1. The predicted octanol–water partition coefficient (Wildman–Crippen LogP) is 2.13. The van der Waals surface area contributed by atoms with Crippen molar-refractivity contribution in [2.24, 2.45) is 0 Å². The van der Waals surface area contributed by atoms with Crippen molar-refractivity contribution in [3.8, 4) is 0 Å². The summed E-state index contributed by atoms with van der Waals surface area (Å²) in [7, 11) is 0. The van der Waals surface area contributed by atoms with Crippen molar-refractivity contribution >= 4 is 21.7 Å². The zero-order chi connectivity index (χ0) is 14.0. The second-order valence-electron chi connectivity index (χ2n) is 5.91. The molecule has 1 unspecified atom stereocenters. The first-order valence-corrected chi connectivity index (χ1v) is 7.47. The van der Waals surface area contributed by atoms with E-state index in [9.17, 15) is 5.11 Å². The summed E-state index contributed by atoms with van der Waals surface area (Å²) >= 11 is 3.41. The molecule has 0 spiro atoms. The van der Waals surface area contributed by atoms with E-state index >= 15 is 0 Å². The standard InChI is InChI=1S/C14H22BrN3O/c1-11-9-17(13-5-4-12(15)8-16-13)6-7-18(11)10-14(2,3)19/h4-5,8,11,19H,6-7,9-10H2,1-3H3. The number of aromatic nitrogens is 1. The molecule has 1 aliphatic heterocycles. The molecule has 2 heterocycles. The molecule has 0 bridgehead atoms. The minimum Gasteiger partial charge on any atom is -0.389 e. The van der Waals surface area contributed by atoms with Crippen LogP contribution in [0.15, 0.2) is 22.8 Å². The van der Waals surface area contributed by atoms with E-state index in [4.69, 9.17) is 0 Å². The van der Waals surface area contributed by atoms with Crippen LogP contribution in [0.1, 0.15) is 20.8 Å². The Kier molecular flexibility index (Phi) is 4.48. The van der Waals surface area contributed by atoms with Crippen LogP contribution in [0.25, 0.3) is 0 Å². The van der Waals surface area contributed by atoms with Gasteiger partial charge in [0.2, 0.25) is 0 Å². The molecule has 1 aliphatic rings. The Morgan fingerprint density at radius 3 is 2.68 bits per heavy atom. The number of anilines is 1. The van der Waals surface area contributed by atoms with Crippen LogP contribution in [0, 0.1) is 0 Å². The van der Waals surface area contributed by atoms with Crippen LogP contribution in [0.2, 0.25) is 0 Å². The van der Waals surface area contributed by atoms with Crippen molar-refractivity contribution in [3.63, 3.8) is 0 Å². The van der Waals surface area contributed by atoms with Gasteiger partial charge in [0.15, 0.2) is 0 Å². The van der Waals surface area contributed by atoms with E-state index in [-0.39, 0.29) is 0 Å². The number of rotatable bonds is 3. The smallest absolute Gasteiger partial charge is 0.128 e. The molecule has 4 nitrogen and oxygen atoms in total. The van der Waals surface area contributed by atoms with Gasteiger partial charge in [-0.05, 0) is 48.8 Å². The van der Waals surface area contributed by atoms with Crippen molar-refractivity contribution in [3.05, 3.63) is 22.8 Å². The Morgan fingerprint density at radius 2 is 2.16 bits per heavy atom. The lowest BCUT2D eigenvalue weighted by Gasteiger charge is -2.42. The fraction of sp³-hybridized carbons (Fsp3) is 0.643. The highest BCUT2D eigenvalue weighted by molar-refractivity contribution is 9.10. The number of aliphatic hydroxyl groups is 1. The Labute approximate surface area is 123 Å². The quantitative estimate of drug-likeness (QED) is 0.923. The van der Waals surface area contributed by atoms with Gasteiger partial charge in [-0.15, -0.1) is 0 Å². The fourth-order valence-corrected chi connectivity index (χ4v) is 2.72. The minimum absolute atomic E-state index is 0.422. The van der Waals surface area contributed by atoms with Gasteiger partial charge in [-0.25, -0.2) is 4.98 Å². The average molecular weight is 328 g/mol. The Bertz CT molecular complexity index is 416. The summed E-state index contributed by atoms with van der Waals surface area (Å²) < 4.78 is 1.00. The van der Waals surface area contributed by atoms with Gasteiger partial charge in [-0.3, -0.25) is 4.90 Å². The number of β-amino-alcohol motifs (C(OH)–C–C–N with tert-alkyl or cyclic N) is 1. The van der Waals surface area contributed by atoms with E-state index in [0.717, 1.165) is 36.5 Å². The molecular formula is C14H22BrN3O. The average Bonchev–Trinajstić information content (AvgIpc) is 2.31. The molecule has 1 aromatic rings. The minimum atomic E-state index is -0.633. The fourth-order valence-electron chi connectivity index (χ4n) is 2.49. The second-order valence-corrected chi connectivity index (χ2v) is 6.83. The third-order valence-electron chi connectivity index (χ3n) is 3.39. The molecule has 0 aliphatic carbocycles. The normalized spacial score (nSPS) is 21.7. The molecule has 0 saturated carbocycles. The van der Waals surface area contributed by atoms with Crippen LogP contribution in [-0.2, 0) is 0 Å². The number of pyridine rings is 1. The van der Waals surface area contributed by atoms with E-state index < -0.39 is 5.60 Å². The van der Waals surface area contributed by atoms with Gasteiger partial charge in [0.1, 0.15) is 5.82 Å². The molecule has 1 saturated heterocycles. The molecule has 0 aromatic carbocycles. The summed E-state index contributed by atoms with van der Waals surface area (Å²) in [5, 5.41) is 9.93. The van der Waals surface area contributed by atoms with E-state index in [2.05, 4.69) is 37.6 Å². The monoisotopic (exact) mass is 327 g/mol. The lowest BCUT2D eigenvalue weighted by molar-refractivity contribution is 0.0200. The van der Waals surface area contributed by atoms with Gasteiger partial charge in [0.05, 0.1) is 5.60 Å². The Morgan fingerprint density at radius 1 is 1.42 bits per heavy atom. The Balaban J connectivity index is 1.98. The summed E-state index contributed by atoms with van der Waals surface area (Å²) in [6.45, 7) is 9.51. The molecule has 106 valence electrons. The van der Waals surface area contributed by atoms with Gasteiger partial charge < -0.3 is 10.0 Å². The zero-order valence-electron chi connectivity index (χ0n) is 11.8. The first-order valence-electron chi connectivity index (χ1n) is 6.68. The van der Waals surface area contributed by atoms with Crippen molar-refractivity contribution in [1.82, 2.24) is 9.88 Å². The summed E-state index contributed by atoms with van der Waals surface area (Å²) in [4.78, 5) is 9.09. The number of hydrogen-bond acceptors (Lipinski definition) is 4. The summed E-state index contributed by atoms with van der Waals surface area (Å²) in [5.41, 5.74) is -0.633. The van der Waals surface area contributed by atoms with Crippen LogP contribution in [0.5, 0.6) is 0 Å². The van der Waals surface area contributed by atoms with Crippen LogP contribution in [0.4, 0.5) is 5.82 Å². The SMILES string of the molecule is CC1CN(c2ccc(Br)cn2)CCN1CC(C)(C)O. The van der Waals surface area contributed by atoms with Crippen LogP contribution >= 0.6 is 15.9 Å². The van der Waals surface area contributed by atoms with E-state index in [1.165, 1.54) is 0 Å². The van der Waals surface area contributed by atoms with Gasteiger partial charge in [0, 0.05) is 42.9 Å².